The van der Waals surface area contributed by atoms with Crippen molar-refractivity contribution in [3.63, 3.8) is 0 Å². The van der Waals surface area contributed by atoms with E-state index in [1.165, 1.54) is 199 Å². The molecule has 0 saturated carbocycles. The van der Waals surface area contributed by atoms with Gasteiger partial charge in [-0.15, -0.1) is 0 Å². The number of rotatable bonds is 74. The van der Waals surface area contributed by atoms with Crippen molar-refractivity contribution < 1.29 is 80.2 Å². The summed E-state index contributed by atoms with van der Waals surface area (Å²) in [6.45, 7) is 9.50. The summed E-state index contributed by atoms with van der Waals surface area (Å²) in [5, 5.41) is 10.6. The average molecular weight is 1380 g/mol. The number of unbranched alkanes of at least 4 members (excludes halogenated alkanes) is 44. The lowest BCUT2D eigenvalue weighted by Crippen LogP contribution is -2.30. The Morgan fingerprint density at radius 2 is 0.489 bits per heavy atom. The van der Waals surface area contributed by atoms with Crippen molar-refractivity contribution in [1.29, 1.82) is 0 Å². The lowest BCUT2D eigenvalue weighted by molar-refractivity contribution is -0.161. The lowest BCUT2D eigenvalue weighted by atomic mass is 10.0. The lowest BCUT2D eigenvalue weighted by Gasteiger charge is -2.21. The molecule has 5 atom stereocenters. The topological polar surface area (TPSA) is 237 Å². The van der Waals surface area contributed by atoms with Gasteiger partial charge in [-0.05, 0) is 37.5 Å². The first-order valence-electron chi connectivity index (χ1n) is 39.0. The number of carbonyl (C=O) groups is 4. The summed E-state index contributed by atoms with van der Waals surface area (Å²) in [5.74, 6) is -0.647. The smallest absolute Gasteiger partial charge is 0.462 e. The molecule has 0 rings (SSSR count). The first-order chi connectivity index (χ1) is 45.4. The molecule has 0 aliphatic carbocycles. The van der Waals surface area contributed by atoms with Crippen LogP contribution in [0, 0.1) is 11.8 Å². The number of esters is 4. The number of hydrogen-bond donors (Lipinski definition) is 3. The maximum atomic E-state index is 13.1. The van der Waals surface area contributed by atoms with Gasteiger partial charge in [0.2, 0.25) is 0 Å². The van der Waals surface area contributed by atoms with Gasteiger partial charge < -0.3 is 33.8 Å². The van der Waals surface area contributed by atoms with Gasteiger partial charge in [0.1, 0.15) is 19.3 Å². The molecule has 0 aromatic heterocycles. The molecule has 0 spiro atoms. The third kappa shape index (κ3) is 68.6. The highest BCUT2D eigenvalue weighted by atomic mass is 31.2. The number of aliphatic hydroxyl groups excluding tert-OH is 1. The summed E-state index contributed by atoms with van der Waals surface area (Å²) in [4.78, 5) is 72.6. The van der Waals surface area contributed by atoms with Gasteiger partial charge >= 0.3 is 39.5 Å². The molecule has 0 bridgehead atoms. The molecule has 0 fully saturated rings. The monoisotopic (exact) mass is 1380 g/mol. The normalized spacial score (nSPS) is 14.0. The maximum absolute atomic E-state index is 13.1. The Balaban J connectivity index is 5.15. The summed E-state index contributed by atoms with van der Waals surface area (Å²) < 4.78 is 68.4. The van der Waals surface area contributed by atoms with Crippen molar-refractivity contribution in [3.8, 4) is 0 Å². The van der Waals surface area contributed by atoms with E-state index in [9.17, 15) is 43.2 Å². The van der Waals surface area contributed by atoms with E-state index in [0.29, 0.717) is 25.7 Å². The minimum Gasteiger partial charge on any atom is -0.462 e. The van der Waals surface area contributed by atoms with E-state index in [1.807, 2.05) is 0 Å². The molecule has 3 N–H and O–H groups in total. The summed E-state index contributed by atoms with van der Waals surface area (Å²) in [6.07, 6.45) is 54.4. The number of hydrogen-bond acceptors (Lipinski definition) is 15. The molecule has 2 unspecified atom stereocenters. The second-order valence-electron chi connectivity index (χ2n) is 28.0. The van der Waals surface area contributed by atoms with Crippen LogP contribution >= 0.6 is 15.6 Å². The molecule has 0 aromatic carbocycles. The third-order valence-corrected chi connectivity index (χ3v) is 19.4. The second kappa shape index (κ2) is 66.9. The fourth-order valence-corrected chi connectivity index (χ4v) is 13.1. The predicted octanol–water partition coefficient (Wildman–Crippen LogP) is 21.9. The first-order valence-corrected chi connectivity index (χ1v) is 42.0. The molecule has 0 heterocycles. The zero-order chi connectivity index (χ0) is 69.3. The quantitative estimate of drug-likeness (QED) is 0.0222. The van der Waals surface area contributed by atoms with Crippen LogP contribution in [0.5, 0.6) is 0 Å². The standard InChI is InChI=1S/C75H146O17P2/c1-7-9-11-13-15-17-18-19-20-21-22-23-24-25-26-27-28-29-34-41-47-53-59-74(79)91-71(64-86-73(78)58-52-46-40-33-31-30-32-37-43-49-55-67(3)4)66-90-94(83,84)88-62-69(76)61-87-93(81,82)89-65-70(63-85-72(77)57-51-45-39-16-14-12-10-8-2)92-75(80)60-54-48-42-36-35-38-44-50-56-68(5)6/h67-71,76H,7-66H2,1-6H3,(H,81,82)(H,83,84)/t69-,70+,71+/m0/s1. The second-order valence-corrected chi connectivity index (χ2v) is 30.9. The largest absolute Gasteiger partial charge is 0.472 e. The van der Waals surface area contributed by atoms with Gasteiger partial charge in [0.15, 0.2) is 12.2 Å². The van der Waals surface area contributed by atoms with Crippen molar-refractivity contribution in [2.45, 2.75) is 407 Å². The van der Waals surface area contributed by atoms with Crippen LogP contribution < -0.4 is 0 Å². The Labute approximate surface area is 575 Å². The van der Waals surface area contributed by atoms with E-state index < -0.39 is 97.5 Å². The molecule has 0 amide bonds. The summed E-state index contributed by atoms with van der Waals surface area (Å²) in [5.41, 5.74) is 0. The molecule has 558 valence electrons. The number of phosphoric acid groups is 2. The van der Waals surface area contributed by atoms with Crippen LogP contribution in [0.25, 0.3) is 0 Å². The van der Waals surface area contributed by atoms with Gasteiger partial charge in [0.25, 0.3) is 0 Å². The Kier molecular flexibility index (Phi) is 65.5. The molecule has 0 radical (unpaired) electrons. The summed E-state index contributed by atoms with van der Waals surface area (Å²) in [6, 6.07) is 0. The fraction of sp³-hybridized carbons (Fsp3) is 0.947. The van der Waals surface area contributed by atoms with E-state index in [1.54, 1.807) is 0 Å². The van der Waals surface area contributed by atoms with Crippen LogP contribution in [0.1, 0.15) is 388 Å². The van der Waals surface area contributed by atoms with Crippen LogP contribution in [0.4, 0.5) is 0 Å². The van der Waals surface area contributed by atoms with Crippen molar-refractivity contribution >= 4 is 39.5 Å². The molecule has 17 nitrogen and oxygen atoms in total. The van der Waals surface area contributed by atoms with E-state index in [4.69, 9.17) is 37.0 Å². The van der Waals surface area contributed by atoms with Gasteiger partial charge in [-0.2, -0.15) is 0 Å². The van der Waals surface area contributed by atoms with Crippen LogP contribution in [0.15, 0.2) is 0 Å². The van der Waals surface area contributed by atoms with Crippen molar-refractivity contribution in [3.05, 3.63) is 0 Å². The third-order valence-electron chi connectivity index (χ3n) is 17.5. The van der Waals surface area contributed by atoms with Gasteiger partial charge in [0.05, 0.1) is 26.4 Å². The number of aliphatic hydroxyl groups is 1. The minimum absolute atomic E-state index is 0.104. The maximum Gasteiger partial charge on any atom is 0.472 e. The van der Waals surface area contributed by atoms with Crippen molar-refractivity contribution in [1.82, 2.24) is 0 Å². The highest BCUT2D eigenvalue weighted by Gasteiger charge is 2.30. The highest BCUT2D eigenvalue weighted by Crippen LogP contribution is 2.45. The van der Waals surface area contributed by atoms with E-state index >= 15 is 0 Å². The van der Waals surface area contributed by atoms with E-state index in [0.717, 1.165) is 108 Å². The van der Waals surface area contributed by atoms with Crippen LogP contribution in [-0.2, 0) is 65.4 Å². The molecule has 94 heavy (non-hydrogen) atoms. The van der Waals surface area contributed by atoms with Crippen molar-refractivity contribution in [2.75, 3.05) is 39.6 Å². The first kappa shape index (κ1) is 92.1. The Bertz CT molecular complexity index is 1820. The van der Waals surface area contributed by atoms with Gasteiger partial charge in [-0.25, -0.2) is 9.13 Å². The van der Waals surface area contributed by atoms with E-state index in [2.05, 4.69) is 41.5 Å². The SMILES string of the molecule is CCCCCCCCCCCCCCCCCCCCCCCCC(=O)O[C@H](COC(=O)CCCCCCCCCCCCC(C)C)COP(=O)(O)OC[C@@H](O)COP(=O)(O)OC[C@@H](COC(=O)CCCCCCCCCC)OC(=O)CCCCCCCCCCC(C)C. The average Bonchev–Trinajstić information content (AvgIpc) is 1.61. The molecule has 19 heteroatoms. The molecular weight excluding hydrogens is 1230 g/mol. The van der Waals surface area contributed by atoms with Crippen LogP contribution in [0.2, 0.25) is 0 Å². The highest BCUT2D eigenvalue weighted by molar-refractivity contribution is 7.47. The molecule has 0 aliphatic rings. The molecular formula is C75H146O17P2. The summed E-state index contributed by atoms with van der Waals surface area (Å²) >= 11 is 0. The number of phosphoric ester groups is 2. The van der Waals surface area contributed by atoms with E-state index in [-0.39, 0.29) is 25.7 Å². The van der Waals surface area contributed by atoms with Crippen LogP contribution in [-0.4, -0.2) is 96.7 Å². The van der Waals surface area contributed by atoms with Gasteiger partial charge in [0, 0.05) is 25.7 Å². The zero-order valence-corrected chi connectivity index (χ0v) is 63.1. The minimum atomic E-state index is -4.96. The fourth-order valence-electron chi connectivity index (χ4n) is 11.5. The van der Waals surface area contributed by atoms with Crippen molar-refractivity contribution in [2.24, 2.45) is 11.8 Å². The Morgan fingerprint density at radius 1 is 0.287 bits per heavy atom. The number of carbonyl (C=O) groups excluding carboxylic acids is 4. The van der Waals surface area contributed by atoms with Gasteiger partial charge in [-0.3, -0.25) is 37.3 Å². The van der Waals surface area contributed by atoms with Gasteiger partial charge in [-0.1, -0.05) is 337 Å². The molecule has 0 aromatic rings. The van der Waals surface area contributed by atoms with Crippen LogP contribution in [0.3, 0.4) is 0 Å². The number of ether oxygens (including phenoxy) is 4. The Hall–Kier alpha value is -1.94. The molecule has 0 aliphatic heterocycles. The zero-order valence-electron chi connectivity index (χ0n) is 61.3. The summed E-state index contributed by atoms with van der Waals surface area (Å²) in [7, 11) is -9.90. The Morgan fingerprint density at radius 3 is 0.723 bits per heavy atom. The predicted molar refractivity (Wildman–Crippen MR) is 381 cm³/mol. The molecule has 0 saturated heterocycles.